The van der Waals surface area contributed by atoms with Gasteiger partial charge in [-0.15, -0.1) is 0 Å². The third kappa shape index (κ3) is 3.70. The van der Waals surface area contributed by atoms with Gasteiger partial charge in [-0.1, -0.05) is 42.8 Å². The van der Waals surface area contributed by atoms with Gasteiger partial charge in [-0.25, -0.2) is 0 Å². The molecule has 1 aromatic rings. The van der Waals surface area contributed by atoms with E-state index in [-0.39, 0.29) is 6.10 Å². The Balaban J connectivity index is 1.68. The van der Waals surface area contributed by atoms with Crippen molar-refractivity contribution in [1.82, 2.24) is 0 Å². The summed E-state index contributed by atoms with van der Waals surface area (Å²) in [7, 11) is 1.69. The van der Waals surface area contributed by atoms with Crippen LogP contribution in [0.25, 0.3) is 0 Å². The summed E-state index contributed by atoms with van der Waals surface area (Å²) in [4.78, 5) is 0. The molecule has 0 spiro atoms. The molecule has 0 aromatic heterocycles. The maximum absolute atomic E-state index is 6.25. The SMILES string of the molecule is COc1cccc(CO[C@H]2C[C@H](C)S[C@@H]3C=CC(Cl)=C[C@@H]23)c1. The maximum atomic E-state index is 6.25. The fourth-order valence-corrected chi connectivity index (χ4v) is 4.72. The molecule has 4 heteroatoms. The number of methoxy groups -OCH3 is 1. The first-order chi connectivity index (χ1) is 10.7. The first-order valence-electron chi connectivity index (χ1n) is 7.61. The van der Waals surface area contributed by atoms with E-state index in [0.29, 0.717) is 23.0 Å². The van der Waals surface area contributed by atoms with Crippen LogP contribution < -0.4 is 4.74 Å². The molecule has 0 unspecified atom stereocenters. The van der Waals surface area contributed by atoms with Crippen LogP contribution in [-0.2, 0) is 11.3 Å². The Bertz CT molecular complexity index is 584. The van der Waals surface area contributed by atoms with E-state index < -0.39 is 0 Å². The lowest BCUT2D eigenvalue weighted by Gasteiger charge is -2.39. The second-order valence-electron chi connectivity index (χ2n) is 5.84. The average molecular weight is 337 g/mol. The molecule has 0 bridgehead atoms. The van der Waals surface area contributed by atoms with E-state index >= 15 is 0 Å². The summed E-state index contributed by atoms with van der Waals surface area (Å²) in [5.41, 5.74) is 1.14. The molecule has 4 atom stereocenters. The highest BCUT2D eigenvalue weighted by atomic mass is 35.5. The van der Waals surface area contributed by atoms with Crippen molar-refractivity contribution in [1.29, 1.82) is 0 Å². The molecular formula is C18H21ClO2S. The number of halogens is 1. The van der Waals surface area contributed by atoms with Gasteiger partial charge in [0.15, 0.2) is 0 Å². The van der Waals surface area contributed by atoms with Gasteiger partial charge in [-0.2, -0.15) is 11.8 Å². The molecule has 1 aliphatic heterocycles. The Morgan fingerprint density at radius 1 is 1.36 bits per heavy atom. The summed E-state index contributed by atoms with van der Waals surface area (Å²) in [5.74, 6) is 1.24. The lowest BCUT2D eigenvalue weighted by molar-refractivity contribution is 0.00709. The van der Waals surface area contributed by atoms with E-state index in [1.807, 2.05) is 36.0 Å². The molecule has 22 heavy (non-hydrogen) atoms. The first kappa shape index (κ1) is 16.0. The number of ether oxygens (including phenoxy) is 2. The topological polar surface area (TPSA) is 18.5 Å². The van der Waals surface area contributed by atoms with Gasteiger partial charge in [0.05, 0.1) is 19.8 Å². The van der Waals surface area contributed by atoms with Gasteiger partial charge in [0.2, 0.25) is 0 Å². The minimum Gasteiger partial charge on any atom is -0.497 e. The number of allylic oxidation sites excluding steroid dienone is 2. The summed E-state index contributed by atoms with van der Waals surface area (Å²) in [6.45, 7) is 2.88. The molecule has 0 saturated carbocycles. The van der Waals surface area contributed by atoms with Crippen molar-refractivity contribution >= 4 is 23.4 Å². The van der Waals surface area contributed by atoms with Crippen molar-refractivity contribution in [2.24, 2.45) is 5.92 Å². The Kier molecular flexibility index (Phi) is 5.17. The number of fused-ring (bicyclic) bond motifs is 1. The number of thioether (sulfide) groups is 1. The lowest BCUT2D eigenvalue weighted by Crippen LogP contribution is -2.38. The van der Waals surface area contributed by atoms with Crippen LogP contribution in [0.3, 0.4) is 0 Å². The zero-order valence-corrected chi connectivity index (χ0v) is 14.4. The van der Waals surface area contributed by atoms with Crippen LogP contribution >= 0.6 is 23.4 Å². The lowest BCUT2D eigenvalue weighted by atomic mass is 9.90. The molecule has 3 rings (SSSR count). The van der Waals surface area contributed by atoms with Gasteiger partial charge in [0, 0.05) is 21.5 Å². The van der Waals surface area contributed by atoms with Gasteiger partial charge < -0.3 is 9.47 Å². The van der Waals surface area contributed by atoms with Crippen molar-refractivity contribution in [2.45, 2.75) is 36.6 Å². The van der Waals surface area contributed by atoms with E-state index in [0.717, 1.165) is 22.8 Å². The molecular weight excluding hydrogens is 316 g/mol. The monoisotopic (exact) mass is 336 g/mol. The minimum atomic E-state index is 0.214. The second-order valence-corrected chi connectivity index (χ2v) is 7.89. The summed E-state index contributed by atoms with van der Waals surface area (Å²) in [6, 6.07) is 8.06. The average Bonchev–Trinajstić information content (AvgIpc) is 2.53. The Labute approximate surface area is 141 Å². The van der Waals surface area contributed by atoms with E-state index in [1.54, 1.807) is 7.11 Å². The summed E-state index contributed by atoms with van der Waals surface area (Å²) in [6.07, 6.45) is 7.65. The summed E-state index contributed by atoms with van der Waals surface area (Å²) < 4.78 is 11.5. The van der Waals surface area contributed by atoms with Crippen molar-refractivity contribution in [3.05, 3.63) is 53.1 Å². The van der Waals surface area contributed by atoms with E-state index in [1.165, 1.54) is 0 Å². The van der Waals surface area contributed by atoms with Crippen molar-refractivity contribution in [2.75, 3.05) is 7.11 Å². The van der Waals surface area contributed by atoms with Crippen molar-refractivity contribution in [3.8, 4) is 5.75 Å². The standard InChI is InChI=1S/C18H21ClO2S/c1-12-8-17(16-10-14(19)6-7-18(16)22-12)21-11-13-4-3-5-15(9-13)20-2/h3-7,9-10,12,16-18H,8,11H2,1-2H3/t12-,16-,17-,18+/m0/s1. The Hall–Kier alpha value is -0.900. The fourth-order valence-electron chi connectivity index (χ4n) is 3.06. The summed E-state index contributed by atoms with van der Waals surface area (Å²) >= 11 is 8.20. The number of hydrogen-bond donors (Lipinski definition) is 0. The normalized spacial score (nSPS) is 30.6. The van der Waals surface area contributed by atoms with Crippen LogP contribution in [0, 0.1) is 5.92 Å². The van der Waals surface area contributed by atoms with Crippen molar-refractivity contribution < 1.29 is 9.47 Å². The molecule has 2 aliphatic rings. The van der Waals surface area contributed by atoms with Crippen LogP contribution in [0.1, 0.15) is 18.9 Å². The number of hydrogen-bond acceptors (Lipinski definition) is 3. The Morgan fingerprint density at radius 2 is 2.23 bits per heavy atom. The maximum Gasteiger partial charge on any atom is 0.119 e. The van der Waals surface area contributed by atoms with Crippen LogP contribution in [0.5, 0.6) is 5.75 Å². The second kappa shape index (κ2) is 7.12. The molecule has 1 saturated heterocycles. The van der Waals surface area contributed by atoms with Crippen LogP contribution in [0.15, 0.2) is 47.5 Å². The van der Waals surface area contributed by atoms with E-state index in [9.17, 15) is 0 Å². The van der Waals surface area contributed by atoms with Crippen LogP contribution in [0.2, 0.25) is 0 Å². The molecule has 1 aromatic carbocycles. The zero-order valence-electron chi connectivity index (χ0n) is 12.9. The van der Waals surface area contributed by atoms with Gasteiger partial charge >= 0.3 is 0 Å². The molecule has 1 heterocycles. The van der Waals surface area contributed by atoms with E-state index in [2.05, 4.69) is 25.1 Å². The van der Waals surface area contributed by atoms with Gasteiger partial charge in [0.1, 0.15) is 5.75 Å². The highest BCUT2D eigenvalue weighted by Gasteiger charge is 2.36. The third-order valence-electron chi connectivity index (χ3n) is 4.16. The van der Waals surface area contributed by atoms with Gasteiger partial charge in [0.25, 0.3) is 0 Å². The highest BCUT2D eigenvalue weighted by Crippen LogP contribution is 2.42. The molecule has 0 amide bonds. The molecule has 2 nitrogen and oxygen atoms in total. The molecule has 118 valence electrons. The third-order valence-corrected chi connectivity index (χ3v) is 5.85. The van der Waals surface area contributed by atoms with Gasteiger partial charge in [-0.05, 0) is 30.2 Å². The van der Waals surface area contributed by atoms with E-state index in [4.69, 9.17) is 21.1 Å². The van der Waals surface area contributed by atoms with Gasteiger partial charge in [-0.3, -0.25) is 0 Å². The van der Waals surface area contributed by atoms with Crippen LogP contribution in [0.4, 0.5) is 0 Å². The smallest absolute Gasteiger partial charge is 0.119 e. The largest absolute Gasteiger partial charge is 0.497 e. The summed E-state index contributed by atoms with van der Waals surface area (Å²) in [5, 5.41) is 1.90. The number of benzene rings is 1. The predicted octanol–water partition coefficient (Wildman–Crippen LogP) is 4.78. The number of rotatable bonds is 4. The first-order valence-corrected chi connectivity index (χ1v) is 8.93. The molecule has 0 radical (unpaired) electrons. The minimum absolute atomic E-state index is 0.214. The van der Waals surface area contributed by atoms with Crippen molar-refractivity contribution in [3.63, 3.8) is 0 Å². The highest BCUT2D eigenvalue weighted by molar-refractivity contribution is 8.00. The molecule has 0 N–H and O–H groups in total. The quantitative estimate of drug-likeness (QED) is 0.788. The molecule has 1 fully saturated rings. The zero-order chi connectivity index (χ0) is 15.5. The Morgan fingerprint density at radius 3 is 3.05 bits per heavy atom. The van der Waals surface area contributed by atoms with Crippen LogP contribution in [-0.4, -0.2) is 23.7 Å². The fraction of sp³-hybridized carbons (Fsp3) is 0.444. The predicted molar refractivity (Wildman–Crippen MR) is 93.6 cm³/mol. The molecule has 1 aliphatic carbocycles.